The molecular weight excluding hydrogens is 382 g/mol. The predicted molar refractivity (Wildman–Crippen MR) is 115 cm³/mol. The third-order valence-electron chi connectivity index (χ3n) is 5.84. The molecule has 2 amide bonds. The molecule has 1 fully saturated rings. The number of thiophene rings is 1. The highest BCUT2D eigenvalue weighted by molar-refractivity contribution is 7.10. The Bertz CT molecular complexity index is 840. The molecule has 1 N–H and O–H groups in total. The van der Waals surface area contributed by atoms with Gasteiger partial charge in [0.15, 0.2) is 0 Å². The van der Waals surface area contributed by atoms with Crippen molar-refractivity contribution < 1.29 is 9.59 Å². The molecule has 4 rings (SSSR count). The molecule has 29 heavy (non-hydrogen) atoms. The number of fused-ring (bicyclic) bond motifs is 1. The van der Waals surface area contributed by atoms with Gasteiger partial charge in [0.05, 0.1) is 0 Å². The minimum Gasteiger partial charge on any atom is -0.352 e. The summed E-state index contributed by atoms with van der Waals surface area (Å²) in [5.41, 5.74) is 3.67. The van der Waals surface area contributed by atoms with Crippen LogP contribution in [0.25, 0.3) is 0 Å². The van der Waals surface area contributed by atoms with Crippen molar-refractivity contribution in [2.45, 2.75) is 51.7 Å². The standard InChI is InChI=1S/C23H29N3O2S/c27-22(7-8-23(28)26-13-9-21-20(17-26)10-14-29-21)24-15-18-3-5-19(6-4-18)16-25-11-1-2-12-25/h3-6,10,14H,1-2,7-9,11-13,15-17H2,(H,24,27). The van der Waals surface area contributed by atoms with Gasteiger partial charge in [0, 0.05) is 43.9 Å². The van der Waals surface area contributed by atoms with Crippen LogP contribution in [-0.2, 0) is 35.6 Å². The molecular formula is C23H29N3O2S. The molecule has 2 aromatic rings. The number of carbonyl (C=O) groups is 2. The summed E-state index contributed by atoms with van der Waals surface area (Å²) in [4.78, 5) is 30.3. The van der Waals surface area contributed by atoms with Gasteiger partial charge in [0.25, 0.3) is 0 Å². The van der Waals surface area contributed by atoms with Crippen molar-refractivity contribution in [1.29, 1.82) is 0 Å². The van der Waals surface area contributed by atoms with Crippen LogP contribution in [0.2, 0.25) is 0 Å². The Balaban J connectivity index is 1.17. The molecule has 154 valence electrons. The summed E-state index contributed by atoms with van der Waals surface area (Å²) < 4.78 is 0. The van der Waals surface area contributed by atoms with Crippen LogP contribution in [0.5, 0.6) is 0 Å². The Hall–Kier alpha value is -2.18. The van der Waals surface area contributed by atoms with E-state index in [1.807, 2.05) is 4.90 Å². The Labute approximate surface area is 176 Å². The zero-order chi connectivity index (χ0) is 20.1. The van der Waals surface area contributed by atoms with Crippen molar-refractivity contribution in [3.8, 4) is 0 Å². The number of hydrogen-bond donors (Lipinski definition) is 1. The van der Waals surface area contributed by atoms with Gasteiger partial charge in [-0.2, -0.15) is 0 Å². The molecule has 1 aromatic heterocycles. The Morgan fingerprint density at radius 3 is 2.52 bits per heavy atom. The maximum absolute atomic E-state index is 12.4. The number of benzene rings is 1. The van der Waals surface area contributed by atoms with Gasteiger partial charge in [0.1, 0.15) is 0 Å². The Morgan fingerprint density at radius 1 is 0.966 bits per heavy atom. The van der Waals surface area contributed by atoms with Crippen LogP contribution in [0.1, 0.15) is 47.3 Å². The van der Waals surface area contributed by atoms with Crippen LogP contribution in [0.3, 0.4) is 0 Å². The van der Waals surface area contributed by atoms with Crippen LogP contribution < -0.4 is 5.32 Å². The number of hydrogen-bond acceptors (Lipinski definition) is 4. The molecule has 6 heteroatoms. The zero-order valence-corrected chi connectivity index (χ0v) is 17.7. The van der Waals surface area contributed by atoms with E-state index in [9.17, 15) is 9.59 Å². The lowest BCUT2D eigenvalue weighted by molar-refractivity contribution is -0.134. The van der Waals surface area contributed by atoms with E-state index in [4.69, 9.17) is 0 Å². The fourth-order valence-electron chi connectivity index (χ4n) is 4.09. The summed E-state index contributed by atoms with van der Waals surface area (Å²) in [6, 6.07) is 10.6. The molecule has 0 radical (unpaired) electrons. The van der Waals surface area contributed by atoms with Crippen molar-refractivity contribution in [3.05, 3.63) is 57.3 Å². The van der Waals surface area contributed by atoms with Gasteiger partial charge in [-0.3, -0.25) is 14.5 Å². The van der Waals surface area contributed by atoms with Gasteiger partial charge in [-0.1, -0.05) is 24.3 Å². The quantitative estimate of drug-likeness (QED) is 0.760. The van der Waals surface area contributed by atoms with Gasteiger partial charge in [-0.25, -0.2) is 0 Å². The SMILES string of the molecule is O=C(CCC(=O)N1CCc2sccc2C1)NCc1ccc(CN2CCCC2)cc1. The smallest absolute Gasteiger partial charge is 0.223 e. The average Bonchev–Trinajstić information content (AvgIpc) is 3.42. The van der Waals surface area contributed by atoms with Crippen molar-refractivity contribution in [2.75, 3.05) is 19.6 Å². The lowest BCUT2D eigenvalue weighted by Crippen LogP contribution is -2.36. The molecule has 0 unspecified atom stereocenters. The summed E-state index contributed by atoms with van der Waals surface area (Å²) in [5, 5.41) is 5.03. The van der Waals surface area contributed by atoms with Gasteiger partial charge in [0.2, 0.25) is 11.8 Å². The zero-order valence-electron chi connectivity index (χ0n) is 16.9. The van der Waals surface area contributed by atoms with Crippen molar-refractivity contribution in [3.63, 3.8) is 0 Å². The molecule has 0 bridgehead atoms. The summed E-state index contributed by atoms with van der Waals surface area (Å²) in [6.45, 7) is 5.36. The van der Waals surface area contributed by atoms with Crippen molar-refractivity contribution in [2.24, 2.45) is 0 Å². The summed E-state index contributed by atoms with van der Waals surface area (Å²) in [7, 11) is 0. The number of amides is 2. The van der Waals surface area contributed by atoms with Crippen molar-refractivity contribution >= 4 is 23.2 Å². The van der Waals surface area contributed by atoms with Crippen LogP contribution in [0.4, 0.5) is 0 Å². The molecule has 1 saturated heterocycles. The second kappa shape index (κ2) is 9.55. The highest BCUT2D eigenvalue weighted by Gasteiger charge is 2.21. The Kier molecular flexibility index (Phi) is 6.62. The first-order valence-corrected chi connectivity index (χ1v) is 11.5. The highest BCUT2D eigenvalue weighted by atomic mass is 32.1. The molecule has 0 aliphatic carbocycles. The average molecular weight is 412 g/mol. The predicted octanol–water partition coefficient (Wildman–Crippen LogP) is 3.33. The minimum atomic E-state index is -0.0623. The number of carbonyl (C=O) groups excluding carboxylic acids is 2. The summed E-state index contributed by atoms with van der Waals surface area (Å²) >= 11 is 1.77. The molecule has 0 spiro atoms. The summed E-state index contributed by atoms with van der Waals surface area (Å²) in [5.74, 6) is 0.0102. The van der Waals surface area contributed by atoms with Crippen LogP contribution in [-0.4, -0.2) is 41.2 Å². The second-order valence-electron chi connectivity index (χ2n) is 8.01. The van der Waals surface area contributed by atoms with Crippen LogP contribution in [0, 0.1) is 0 Å². The molecule has 3 heterocycles. The number of likely N-dealkylation sites (tertiary alicyclic amines) is 1. The fraction of sp³-hybridized carbons (Fsp3) is 0.478. The van der Waals surface area contributed by atoms with E-state index < -0.39 is 0 Å². The van der Waals surface area contributed by atoms with E-state index in [0.29, 0.717) is 13.1 Å². The first-order valence-electron chi connectivity index (χ1n) is 10.6. The van der Waals surface area contributed by atoms with Gasteiger partial charge < -0.3 is 10.2 Å². The third kappa shape index (κ3) is 5.46. The van der Waals surface area contributed by atoms with Crippen molar-refractivity contribution in [1.82, 2.24) is 15.1 Å². The van der Waals surface area contributed by atoms with E-state index in [1.54, 1.807) is 11.3 Å². The topological polar surface area (TPSA) is 52.7 Å². The number of nitrogens with one attached hydrogen (secondary N) is 1. The van der Waals surface area contributed by atoms with Gasteiger partial charge in [-0.05, 0) is 60.5 Å². The molecule has 2 aliphatic rings. The molecule has 1 aromatic carbocycles. The van der Waals surface area contributed by atoms with E-state index in [0.717, 1.165) is 25.1 Å². The lowest BCUT2D eigenvalue weighted by atomic mass is 10.1. The monoisotopic (exact) mass is 411 g/mol. The van der Waals surface area contributed by atoms with Gasteiger partial charge >= 0.3 is 0 Å². The molecule has 0 atom stereocenters. The van der Waals surface area contributed by atoms with E-state index >= 15 is 0 Å². The maximum atomic E-state index is 12.4. The summed E-state index contributed by atoms with van der Waals surface area (Å²) in [6.07, 6.45) is 4.07. The third-order valence-corrected chi connectivity index (χ3v) is 6.87. The number of rotatable bonds is 7. The minimum absolute atomic E-state index is 0.0623. The van der Waals surface area contributed by atoms with E-state index in [1.165, 1.54) is 41.9 Å². The Morgan fingerprint density at radius 2 is 1.72 bits per heavy atom. The normalized spacial score (nSPS) is 16.6. The molecule has 5 nitrogen and oxygen atoms in total. The van der Waals surface area contributed by atoms with Gasteiger partial charge in [-0.15, -0.1) is 11.3 Å². The fourth-order valence-corrected chi connectivity index (χ4v) is 4.98. The first-order chi connectivity index (χ1) is 14.2. The largest absolute Gasteiger partial charge is 0.352 e. The molecule has 0 saturated carbocycles. The number of nitrogens with zero attached hydrogens (tertiary/aromatic N) is 2. The van der Waals surface area contributed by atoms with E-state index in [2.05, 4.69) is 45.9 Å². The van der Waals surface area contributed by atoms with Crippen LogP contribution >= 0.6 is 11.3 Å². The highest BCUT2D eigenvalue weighted by Crippen LogP contribution is 2.24. The second-order valence-corrected chi connectivity index (χ2v) is 9.01. The van der Waals surface area contributed by atoms with Crippen LogP contribution in [0.15, 0.2) is 35.7 Å². The molecule has 2 aliphatic heterocycles. The maximum Gasteiger partial charge on any atom is 0.223 e. The first kappa shape index (κ1) is 20.1. The lowest BCUT2D eigenvalue weighted by Gasteiger charge is -2.27. The van der Waals surface area contributed by atoms with E-state index in [-0.39, 0.29) is 24.7 Å².